The highest BCUT2D eigenvalue weighted by molar-refractivity contribution is 6.30. The molecule has 1 aromatic heterocycles. The normalized spacial score (nSPS) is 11.0. The van der Waals surface area contributed by atoms with Gasteiger partial charge in [0.1, 0.15) is 6.54 Å². The van der Waals surface area contributed by atoms with E-state index in [9.17, 15) is 4.79 Å². The number of hydrogen-bond donors (Lipinski definition) is 1. The summed E-state index contributed by atoms with van der Waals surface area (Å²) >= 11 is 5.98. The second-order valence-electron chi connectivity index (χ2n) is 5.06. The van der Waals surface area contributed by atoms with Crippen LogP contribution in [0.3, 0.4) is 0 Å². The Morgan fingerprint density at radius 2 is 2.00 bits per heavy atom. The Kier molecular flexibility index (Phi) is 6.16. The first kappa shape index (κ1) is 16.2. The van der Waals surface area contributed by atoms with Gasteiger partial charge in [-0.25, -0.2) is 0 Å². The zero-order valence-corrected chi connectivity index (χ0v) is 13.0. The molecule has 0 unspecified atom stereocenters. The molecule has 3 nitrogen and oxygen atoms in total. The molecule has 0 saturated heterocycles. The molecule has 2 rings (SSSR count). The van der Waals surface area contributed by atoms with Gasteiger partial charge in [0.25, 0.3) is 0 Å². The molecular formula is C18H19ClNO2+. The van der Waals surface area contributed by atoms with Crippen molar-refractivity contribution in [3.05, 3.63) is 64.9 Å². The van der Waals surface area contributed by atoms with E-state index in [1.54, 1.807) is 0 Å². The van der Waals surface area contributed by atoms with Gasteiger partial charge in [-0.1, -0.05) is 23.7 Å². The fraction of sp³-hybridized carbons (Fsp3) is 0.222. The van der Waals surface area contributed by atoms with E-state index < -0.39 is 5.97 Å². The van der Waals surface area contributed by atoms with E-state index in [1.165, 1.54) is 0 Å². The minimum atomic E-state index is -0.737. The Bertz CT molecular complexity index is 668. The number of hydrogen-bond acceptors (Lipinski definition) is 1. The quantitative estimate of drug-likeness (QED) is 0.618. The number of nitrogens with zero attached hydrogens (tertiary/aromatic N) is 1. The number of aliphatic carboxylic acids is 1. The smallest absolute Gasteiger partial charge is 0.303 e. The molecule has 1 heterocycles. The summed E-state index contributed by atoms with van der Waals surface area (Å²) in [7, 11) is 0. The first-order valence-electron chi connectivity index (χ1n) is 7.29. The standard InChI is InChI=1S/C18H18ClNO2/c19-16-7-5-6-15(14-16)10-11-17-8-1-3-12-20(17)13-4-2-9-18(21)22/h1,3,5-8,10-12,14H,2,4,9,13H2/p+1/b11-10+. The second kappa shape index (κ2) is 8.35. The van der Waals surface area contributed by atoms with Gasteiger partial charge in [0.2, 0.25) is 5.69 Å². The number of halogens is 1. The average molecular weight is 317 g/mol. The molecule has 0 amide bonds. The molecule has 1 aromatic carbocycles. The summed E-state index contributed by atoms with van der Waals surface area (Å²) in [5.41, 5.74) is 2.13. The Hall–Kier alpha value is -2.13. The number of unbranched alkanes of at least 4 members (excludes halogenated alkanes) is 1. The van der Waals surface area contributed by atoms with Crippen LogP contribution < -0.4 is 4.57 Å². The van der Waals surface area contributed by atoms with Crippen LogP contribution in [0.5, 0.6) is 0 Å². The summed E-state index contributed by atoms with van der Waals surface area (Å²) in [4.78, 5) is 10.5. The largest absolute Gasteiger partial charge is 0.481 e. The van der Waals surface area contributed by atoms with Gasteiger partial charge < -0.3 is 5.11 Å². The summed E-state index contributed by atoms with van der Waals surface area (Å²) in [5.74, 6) is -0.737. The van der Waals surface area contributed by atoms with Crippen molar-refractivity contribution in [2.24, 2.45) is 0 Å². The summed E-state index contributed by atoms with van der Waals surface area (Å²) in [6.07, 6.45) is 7.84. The van der Waals surface area contributed by atoms with Crippen molar-refractivity contribution >= 4 is 29.7 Å². The number of rotatable bonds is 7. The molecule has 0 bridgehead atoms. The third-order valence-electron chi connectivity index (χ3n) is 3.31. The van der Waals surface area contributed by atoms with Gasteiger partial charge in [-0.3, -0.25) is 4.79 Å². The maximum atomic E-state index is 10.5. The second-order valence-corrected chi connectivity index (χ2v) is 5.49. The molecule has 1 N–H and O–H groups in total. The Morgan fingerprint density at radius 3 is 2.77 bits per heavy atom. The highest BCUT2D eigenvalue weighted by Crippen LogP contribution is 2.13. The lowest BCUT2D eigenvalue weighted by atomic mass is 10.2. The Labute approximate surface area is 135 Å². The molecule has 0 aliphatic carbocycles. The maximum absolute atomic E-state index is 10.5. The molecular weight excluding hydrogens is 298 g/mol. The fourth-order valence-electron chi connectivity index (χ4n) is 2.19. The minimum absolute atomic E-state index is 0.223. The predicted molar refractivity (Wildman–Crippen MR) is 88.5 cm³/mol. The van der Waals surface area contributed by atoms with E-state index >= 15 is 0 Å². The number of carboxylic acids is 1. The van der Waals surface area contributed by atoms with E-state index in [4.69, 9.17) is 16.7 Å². The SMILES string of the molecule is O=C(O)CCCC[n+]1ccccc1/C=C/c1cccc(Cl)c1. The minimum Gasteiger partial charge on any atom is -0.481 e. The molecule has 0 atom stereocenters. The van der Waals surface area contributed by atoms with Crippen molar-refractivity contribution in [1.29, 1.82) is 0 Å². The van der Waals surface area contributed by atoms with Crippen LogP contribution in [0.25, 0.3) is 12.2 Å². The number of aromatic nitrogens is 1. The number of benzene rings is 1. The van der Waals surface area contributed by atoms with Crippen LogP contribution in [0.15, 0.2) is 48.7 Å². The first-order valence-corrected chi connectivity index (χ1v) is 7.67. The van der Waals surface area contributed by atoms with Gasteiger partial charge in [-0.15, -0.1) is 0 Å². The third-order valence-corrected chi connectivity index (χ3v) is 3.55. The number of carboxylic acid groups (broad SMARTS) is 1. The van der Waals surface area contributed by atoms with Crippen LogP contribution in [-0.4, -0.2) is 11.1 Å². The number of aryl methyl sites for hydroxylation is 1. The molecule has 22 heavy (non-hydrogen) atoms. The van der Waals surface area contributed by atoms with Crippen molar-refractivity contribution in [2.75, 3.05) is 0 Å². The molecule has 114 valence electrons. The number of carbonyl (C=O) groups is 1. The summed E-state index contributed by atoms with van der Waals surface area (Å²) in [6, 6.07) is 13.7. The first-order chi connectivity index (χ1) is 10.6. The molecule has 0 saturated carbocycles. The van der Waals surface area contributed by atoms with Gasteiger partial charge in [-0.2, -0.15) is 4.57 Å². The van der Waals surface area contributed by atoms with Gasteiger partial charge >= 0.3 is 5.97 Å². The molecule has 0 fully saturated rings. The van der Waals surface area contributed by atoms with Gasteiger partial charge in [0.15, 0.2) is 6.20 Å². The van der Waals surface area contributed by atoms with Gasteiger partial charge in [0, 0.05) is 36.1 Å². The fourth-order valence-corrected chi connectivity index (χ4v) is 2.39. The van der Waals surface area contributed by atoms with Crippen LogP contribution >= 0.6 is 11.6 Å². The lowest BCUT2D eigenvalue weighted by Gasteiger charge is -2.00. The molecule has 4 heteroatoms. The van der Waals surface area contributed by atoms with Crippen LogP contribution in [-0.2, 0) is 11.3 Å². The van der Waals surface area contributed by atoms with Crippen LogP contribution in [0.4, 0.5) is 0 Å². The lowest BCUT2D eigenvalue weighted by Crippen LogP contribution is -2.36. The van der Waals surface area contributed by atoms with E-state index in [0.717, 1.165) is 29.2 Å². The van der Waals surface area contributed by atoms with Gasteiger partial charge in [0.05, 0.1) is 0 Å². The van der Waals surface area contributed by atoms with Crippen LogP contribution in [0, 0.1) is 0 Å². The monoisotopic (exact) mass is 316 g/mol. The van der Waals surface area contributed by atoms with Crippen molar-refractivity contribution in [1.82, 2.24) is 0 Å². The van der Waals surface area contributed by atoms with Crippen molar-refractivity contribution in [3.63, 3.8) is 0 Å². The van der Waals surface area contributed by atoms with Crippen molar-refractivity contribution in [3.8, 4) is 0 Å². The molecule has 2 aromatic rings. The summed E-state index contributed by atoms with van der Waals surface area (Å²) in [6.45, 7) is 0.809. The molecule has 0 radical (unpaired) electrons. The van der Waals surface area contributed by atoms with Crippen LogP contribution in [0.1, 0.15) is 30.5 Å². The van der Waals surface area contributed by atoms with Gasteiger partial charge in [-0.05, 0) is 36.3 Å². The van der Waals surface area contributed by atoms with E-state index in [0.29, 0.717) is 6.42 Å². The third kappa shape index (κ3) is 5.34. The van der Waals surface area contributed by atoms with E-state index in [-0.39, 0.29) is 6.42 Å². The Balaban J connectivity index is 2.03. The van der Waals surface area contributed by atoms with E-state index in [2.05, 4.69) is 4.57 Å². The van der Waals surface area contributed by atoms with Crippen LogP contribution in [0.2, 0.25) is 5.02 Å². The number of pyridine rings is 1. The molecule has 0 aliphatic rings. The van der Waals surface area contributed by atoms with Crippen molar-refractivity contribution in [2.45, 2.75) is 25.8 Å². The lowest BCUT2D eigenvalue weighted by molar-refractivity contribution is -0.699. The molecule has 0 aliphatic heterocycles. The maximum Gasteiger partial charge on any atom is 0.303 e. The summed E-state index contributed by atoms with van der Waals surface area (Å²) in [5, 5.41) is 9.39. The summed E-state index contributed by atoms with van der Waals surface area (Å²) < 4.78 is 2.13. The predicted octanol–water partition coefficient (Wildman–Crippen LogP) is 4.05. The zero-order chi connectivity index (χ0) is 15.8. The Morgan fingerprint density at radius 1 is 1.14 bits per heavy atom. The highest BCUT2D eigenvalue weighted by Gasteiger charge is 2.06. The highest BCUT2D eigenvalue weighted by atomic mass is 35.5. The topological polar surface area (TPSA) is 41.2 Å². The molecule has 0 spiro atoms. The van der Waals surface area contributed by atoms with Crippen molar-refractivity contribution < 1.29 is 14.5 Å². The van der Waals surface area contributed by atoms with E-state index in [1.807, 2.05) is 60.8 Å². The average Bonchev–Trinajstić information content (AvgIpc) is 2.50. The zero-order valence-electron chi connectivity index (χ0n) is 12.3.